The molecule has 1 rings (SSSR count). The van der Waals surface area contributed by atoms with Crippen LogP contribution in [0.15, 0.2) is 0 Å². The number of amides is 1. The number of nitrogens with two attached hydrogens (primary N) is 1. The van der Waals surface area contributed by atoms with Crippen molar-refractivity contribution in [3.63, 3.8) is 0 Å². The normalized spacial score (nSPS) is 25.1. The van der Waals surface area contributed by atoms with Gasteiger partial charge in [-0.3, -0.25) is 4.79 Å². The van der Waals surface area contributed by atoms with Crippen molar-refractivity contribution in [2.45, 2.75) is 45.4 Å². The molecule has 92 valence electrons. The highest BCUT2D eigenvalue weighted by Crippen LogP contribution is 2.29. The van der Waals surface area contributed by atoms with E-state index in [2.05, 4.69) is 12.2 Å². The summed E-state index contributed by atoms with van der Waals surface area (Å²) in [4.78, 5) is 11.6. The zero-order chi connectivity index (χ0) is 12.0. The Balaban J connectivity index is 2.14. The van der Waals surface area contributed by atoms with Crippen molar-refractivity contribution in [3.8, 4) is 0 Å². The van der Waals surface area contributed by atoms with E-state index in [-0.39, 0.29) is 17.3 Å². The Morgan fingerprint density at radius 3 is 2.38 bits per heavy atom. The number of carbonyl (C=O) groups excluding carboxylic acids is 1. The molecule has 0 aromatic carbocycles. The van der Waals surface area contributed by atoms with Crippen LogP contribution in [0.2, 0.25) is 0 Å². The Morgan fingerprint density at radius 2 is 1.88 bits per heavy atom. The number of rotatable bonds is 5. The molecule has 1 saturated carbocycles. The van der Waals surface area contributed by atoms with Crippen molar-refractivity contribution >= 4 is 23.1 Å². The molecule has 0 unspecified atom stereocenters. The molecule has 16 heavy (non-hydrogen) atoms. The molecule has 1 aliphatic rings. The van der Waals surface area contributed by atoms with Crippen LogP contribution in [0.3, 0.4) is 0 Å². The van der Waals surface area contributed by atoms with Crippen molar-refractivity contribution in [2.75, 3.05) is 6.54 Å². The molecule has 0 spiro atoms. The van der Waals surface area contributed by atoms with Crippen LogP contribution >= 0.6 is 12.2 Å². The summed E-state index contributed by atoms with van der Waals surface area (Å²) in [7, 11) is 0. The highest BCUT2D eigenvalue weighted by molar-refractivity contribution is 7.80. The topological polar surface area (TPSA) is 55.1 Å². The average molecular weight is 242 g/mol. The zero-order valence-electron chi connectivity index (χ0n) is 10.00. The van der Waals surface area contributed by atoms with Crippen LogP contribution in [-0.2, 0) is 4.79 Å². The van der Waals surface area contributed by atoms with Gasteiger partial charge in [-0.15, -0.1) is 0 Å². The van der Waals surface area contributed by atoms with E-state index < -0.39 is 0 Å². The van der Waals surface area contributed by atoms with Gasteiger partial charge in [0, 0.05) is 6.54 Å². The molecule has 1 aliphatic carbocycles. The first-order valence-corrected chi connectivity index (χ1v) is 6.57. The molecule has 1 amide bonds. The predicted octanol–water partition coefficient (Wildman–Crippen LogP) is 2.00. The lowest BCUT2D eigenvalue weighted by Gasteiger charge is -2.27. The predicted molar refractivity (Wildman–Crippen MR) is 70.2 cm³/mol. The Hall–Kier alpha value is -0.640. The first-order valence-electron chi connectivity index (χ1n) is 6.16. The number of hydrogen-bond acceptors (Lipinski definition) is 2. The van der Waals surface area contributed by atoms with Gasteiger partial charge < -0.3 is 11.1 Å². The van der Waals surface area contributed by atoms with Crippen molar-refractivity contribution in [2.24, 2.45) is 17.6 Å². The van der Waals surface area contributed by atoms with Crippen LogP contribution in [0.5, 0.6) is 0 Å². The van der Waals surface area contributed by atoms with Crippen LogP contribution in [-0.4, -0.2) is 17.4 Å². The lowest BCUT2D eigenvalue weighted by atomic mass is 9.81. The summed E-state index contributed by atoms with van der Waals surface area (Å²) >= 11 is 4.69. The maximum Gasteiger partial charge on any atom is 0.226 e. The zero-order valence-corrected chi connectivity index (χ0v) is 10.8. The van der Waals surface area contributed by atoms with Crippen molar-refractivity contribution in [1.29, 1.82) is 0 Å². The van der Waals surface area contributed by atoms with Gasteiger partial charge in [-0.2, -0.15) is 0 Å². The van der Waals surface area contributed by atoms with Crippen LogP contribution in [0, 0.1) is 11.8 Å². The van der Waals surface area contributed by atoms with E-state index in [0.29, 0.717) is 5.92 Å². The number of thiocarbonyl (C=S) groups is 1. The fourth-order valence-electron chi connectivity index (χ4n) is 2.32. The van der Waals surface area contributed by atoms with E-state index in [9.17, 15) is 4.79 Å². The molecule has 0 saturated heterocycles. The Bertz CT molecular complexity index is 247. The van der Waals surface area contributed by atoms with E-state index in [1.165, 1.54) is 32.1 Å². The lowest BCUT2D eigenvalue weighted by Crippen LogP contribution is -2.33. The summed E-state index contributed by atoms with van der Waals surface area (Å²) in [6.45, 7) is 3.05. The molecular formula is C12H22N2OS. The van der Waals surface area contributed by atoms with Crippen molar-refractivity contribution in [3.05, 3.63) is 0 Å². The van der Waals surface area contributed by atoms with Crippen LogP contribution in [0.25, 0.3) is 0 Å². The molecule has 1 fully saturated rings. The molecular weight excluding hydrogens is 220 g/mol. The molecule has 3 N–H and O–H groups in total. The number of nitrogens with one attached hydrogen (secondary N) is 1. The smallest absolute Gasteiger partial charge is 0.226 e. The first-order chi connectivity index (χ1) is 7.61. The van der Waals surface area contributed by atoms with Gasteiger partial charge in [0.25, 0.3) is 0 Å². The summed E-state index contributed by atoms with van der Waals surface area (Å²) in [5.74, 6) is 1.52. The third kappa shape index (κ3) is 4.92. The minimum atomic E-state index is -0.0369. The van der Waals surface area contributed by atoms with Gasteiger partial charge in [-0.1, -0.05) is 38.4 Å². The average Bonchev–Trinajstić information content (AvgIpc) is 2.26. The monoisotopic (exact) mass is 242 g/mol. The van der Waals surface area contributed by atoms with Gasteiger partial charge in [0.1, 0.15) is 0 Å². The summed E-state index contributed by atoms with van der Waals surface area (Å²) in [6.07, 6.45) is 6.58. The molecule has 4 heteroatoms. The number of carbonyl (C=O) groups is 1. The minimum absolute atomic E-state index is 0.0369. The lowest BCUT2D eigenvalue weighted by molar-refractivity contribution is -0.120. The van der Waals surface area contributed by atoms with Gasteiger partial charge in [0.05, 0.1) is 11.4 Å². The van der Waals surface area contributed by atoms with Gasteiger partial charge in [-0.05, 0) is 24.7 Å². The van der Waals surface area contributed by atoms with E-state index in [0.717, 1.165) is 12.5 Å². The molecule has 3 nitrogen and oxygen atoms in total. The fraction of sp³-hybridized carbons (Fsp3) is 0.833. The maximum absolute atomic E-state index is 11.3. The van der Waals surface area contributed by atoms with Crippen molar-refractivity contribution in [1.82, 2.24) is 5.32 Å². The fourth-order valence-corrected chi connectivity index (χ4v) is 2.45. The molecule has 0 radical (unpaired) electrons. The van der Waals surface area contributed by atoms with Crippen LogP contribution in [0.4, 0.5) is 0 Å². The molecule has 0 aromatic rings. The Kier molecular flexibility index (Phi) is 5.74. The highest BCUT2D eigenvalue weighted by Gasteiger charge is 2.20. The van der Waals surface area contributed by atoms with E-state index in [1.54, 1.807) is 0 Å². The molecule has 0 aliphatic heterocycles. The summed E-state index contributed by atoms with van der Waals surface area (Å²) < 4.78 is 0. The summed E-state index contributed by atoms with van der Waals surface area (Å²) in [6, 6.07) is 0. The van der Waals surface area contributed by atoms with Crippen molar-refractivity contribution < 1.29 is 4.79 Å². The maximum atomic E-state index is 11.3. The SMILES string of the molecule is CCC1CCC(CNC(=O)CC(N)=S)CC1. The van der Waals surface area contributed by atoms with Crippen LogP contribution < -0.4 is 11.1 Å². The van der Waals surface area contributed by atoms with Crippen LogP contribution in [0.1, 0.15) is 45.4 Å². The third-order valence-corrected chi connectivity index (χ3v) is 3.61. The Labute approximate surface area is 103 Å². The second-order valence-electron chi connectivity index (χ2n) is 4.74. The first kappa shape index (κ1) is 13.4. The summed E-state index contributed by atoms with van der Waals surface area (Å²) in [5.41, 5.74) is 5.31. The van der Waals surface area contributed by atoms with Gasteiger partial charge >= 0.3 is 0 Å². The standard InChI is InChI=1S/C12H22N2OS/c1-2-9-3-5-10(6-4-9)8-14-12(15)7-11(13)16/h9-10H,2-8H2,1H3,(H2,13,16)(H,14,15). The van der Waals surface area contributed by atoms with Gasteiger partial charge in [-0.25, -0.2) is 0 Å². The number of hydrogen-bond donors (Lipinski definition) is 2. The van der Waals surface area contributed by atoms with E-state index in [1.807, 2.05) is 0 Å². The second-order valence-corrected chi connectivity index (χ2v) is 5.27. The molecule has 0 heterocycles. The van der Waals surface area contributed by atoms with E-state index >= 15 is 0 Å². The third-order valence-electron chi connectivity index (χ3n) is 3.47. The molecule has 0 atom stereocenters. The van der Waals surface area contributed by atoms with Gasteiger partial charge in [0.15, 0.2) is 0 Å². The van der Waals surface area contributed by atoms with E-state index in [4.69, 9.17) is 18.0 Å². The minimum Gasteiger partial charge on any atom is -0.393 e. The second kappa shape index (κ2) is 6.84. The quantitative estimate of drug-likeness (QED) is 0.725. The molecule has 0 aromatic heterocycles. The van der Waals surface area contributed by atoms with Gasteiger partial charge in [0.2, 0.25) is 5.91 Å². The molecule has 0 bridgehead atoms. The Morgan fingerprint density at radius 1 is 1.31 bits per heavy atom. The summed E-state index contributed by atoms with van der Waals surface area (Å²) in [5, 5.41) is 2.91. The largest absolute Gasteiger partial charge is 0.393 e. The highest BCUT2D eigenvalue weighted by atomic mass is 32.1.